The fraction of sp³-hybridized carbons (Fsp3) is 0.515. The first-order valence-corrected chi connectivity index (χ1v) is 16.9. The zero-order valence-corrected chi connectivity index (χ0v) is 27.5. The smallest absolute Gasteiger partial charge is 0.420 e. The van der Waals surface area contributed by atoms with E-state index in [-0.39, 0.29) is 36.8 Å². The predicted octanol–water partition coefficient (Wildman–Crippen LogP) is 3.90. The van der Waals surface area contributed by atoms with Crippen LogP contribution in [0.25, 0.3) is 11.4 Å². The second kappa shape index (κ2) is 14.8. The minimum absolute atomic E-state index is 0.0113. The van der Waals surface area contributed by atoms with Crippen molar-refractivity contribution in [3.05, 3.63) is 69.1 Å². The van der Waals surface area contributed by atoms with Crippen LogP contribution in [-0.2, 0) is 22.1 Å². The number of nitrogens with one attached hydrogen (secondary N) is 2. The van der Waals surface area contributed by atoms with Crippen molar-refractivity contribution in [3.63, 3.8) is 0 Å². The van der Waals surface area contributed by atoms with E-state index in [1.54, 1.807) is 4.90 Å². The van der Waals surface area contributed by atoms with Gasteiger partial charge in [0.05, 0.1) is 16.6 Å². The van der Waals surface area contributed by atoms with Gasteiger partial charge in [-0.1, -0.05) is 41.9 Å². The Bertz CT molecular complexity index is 1680. The van der Waals surface area contributed by atoms with Crippen LogP contribution < -0.4 is 11.0 Å². The normalized spacial score (nSPS) is 19.2. The summed E-state index contributed by atoms with van der Waals surface area (Å²) in [7, 11) is 0. The molecule has 3 aliphatic heterocycles. The maximum atomic E-state index is 13.9. The Hall–Kier alpha value is -4.08. The number of nitrogens with zero attached hydrogens (tertiary/aromatic N) is 5. The van der Waals surface area contributed by atoms with Crippen molar-refractivity contribution < 1.29 is 32.6 Å². The largest absolute Gasteiger partial charge is 0.506 e. The molecule has 0 spiro atoms. The van der Waals surface area contributed by atoms with E-state index >= 15 is 0 Å². The molecule has 0 aliphatic carbocycles. The standard InChI is InChI=1S/C33H39ClF3N7O5/c34-26-19-21(18-25(28(26)45)33(35,36)37)20-27(30(46)42-12-6-23(7-13-42)41-16-10-38-11-17-41)49-32(48)43-14-8-24(9-15-43)44-31(47)39-29(40-44)22-4-2-1-3-5-22/h1-5,18-19,23-24,27,38,45H,6-17,20H2,(H,39,40,47)/t27-/m1/s1. The lowest BCUT2D eigenvalue weighted by Gasteiger charge is -2.41. The highest BCUT2D eigenvalue weighted by Crippen LogP contribution is 2.40. The van der Waals surface area contributed by atoms with Crippen molar-refractivity contribution >= 4 is 23.6 Å². The van der Waals surface area contributed by atoms with Crippen molar-refractivity contribution in [2.24, 2.45) is 0 Å². The number of carbonyl (C=O) groups excluding carboxylic acids is 2. The molecule has 3 fully saturated rings. The zero-order valence-electron chi connectivity index (χ0n) is 26.8. The van der Waals surface area contributed by atoms with Gasteiger partial charge < -0.3 is 25.0 Å². The number of phenols is 1. The molecule has 0 radical (unpaired) electrons. The summed E-state index contributed by atoms with van der Waals surface area (Å²) in [5.41, 5.74) is -0.948. The lowest BCUT2D eigenvalue weighted by molar-refractivity contribution is -0.142. The predicted molar refractivity (Wildman–Crippen MR) is 174 cm³/mol. The van der Waals surface area contributed by atoms with Crippen molar-refractivity contribution in [1.82, 2.24) is 34.8 Å². The number of H-pyrrole nitrogens is 1. The molecule has 1 aromatic heterocycles. The average Bonchev–Trinajstić information content (AvgIpc) is 3.51. The van der Waals surface area contributed by atoms with E-state index in [0.717, 1.165) is 56.7 Å². The molecule has 1 atom stereocenters. The molecule has 0 saturated carbocycles. The number of amides is 2. The van der Waals surface area contributed by atoms with Crippen molar-refractivity contribution in [2.75, 3.05) is 52.4 Å². The van der Waals surface area contributed by atoms with Crippen LogP contribution in [0, 0.1) is 0 Å². The first-order chi connectivity index (χ1) is 23.5. The van der Waals surface area contributed by atoms with Crippen LogP contribution in [0.3, 0.4) is 0 Å². The minimum Gasteiger partial charge on any atom is -0.506 e. The molecule has 3 aromatic rings. The number of aromatic amines is 1. The van der Waals surface area contributed by atoms with Crippen LogP contribution in [0.2, 0.25) is 5.02 Å². The van der Waals surface area contributed by atoms with Gasteiger partial charge in [0, 0.05) is 70.4 Å². The van der Waals surface area contributed by atoms with Crippen molar-refractivity contribution in [2.45, 2.75) is 56.5 Å². The third-order valence-electron chi connectivity index (χ3n) is 9.57. The second-order valence-electron chi connectivity index (χ2n) is 12.7. The number of piperidine rings is 2. The number of alkyl halides is 3. The maximum absolute atomic E-state index is 13.9. The van der Waals surface area contributed by atoms with Gasteiger partial charge >= 0.3 is 18.0 Å². The van der Waals surface area contributed by atoms with E-state index in [9.17, 15) is 32.7 Å². The molecule has 12 nitrogen and oxygen atoms in total. The summed E-state index contributed by atoms with van der Waals surface area (Å²) in [6.45, 7) is 4.89. The highest BCUT2D eigenvalue weighted by molar-refractivity contribution is 6.32. The Labute approximate surface area is 285 Å². The van der Waals surface area contributed by atoms with Crippen LogP contribution in [0.4, 0.5) is 18.0 Å². The SMILES string of the molecule is O=C(O[C@H](Cc1cc(Cl)c(O)c(C(F)(F)F)c1)C(=O)N1CCC(N2CCNCC2)CC1)N1CCC(n2nc(-c3ccccc3)[nH]c2=O)CC1. The molecule has 16 heteroatoms. The fourth-order valence-electron chi connectivity index (χ4n) is 6.88. The molecule has 0 unspecified atom stereocenters. The monoisotopic (exact) mass is 705 g/mol. The van der Waals surface area contributed by atoms with Crippen LogP contribution in [0.1, 0.15) is 42.9 Å². The molecule has 3 aliphatic rings. The molecule has 3 saturated heterocycles. The number of piperazine rings is 1. The van der Waals surface area contributed by atoms with Gasteiger partial charge in [0.2, 0.25) is 0 Å². The fourth-order valence-corrected chi connectivity index (χ4v) is 7.13. The van der Waals surface area contributed by atoms with Gasteiger partial charge in [-0.15, -0.1) is 5.10 Å². The Balaban J connectivity index is 1.14. The third kappa shape index (κ3) is 8.05. The van der Waals surface area contributed by atoms with Crippen molar-refractivity contribution in [1.29, 1.82) is 0 Å². The summed E-state index contributed by atoms with van der Waals surface area (Å²) in [4.78, 5) is 48.3. The Kier molecular flexibility index (Phi) is 10.5. The number of benzene rings is 2. The highest BCUT2D eigenvalue weighted by atomic mass is 35.5. The van der Waals surface area contributed by atoms with Crippen LogP contribution in [0.15, 0.2) is 47.3 Å². The lowest BCUT2D eigenvalue weighted by Crippen LogP contribution is -2.54. The molecule has 264 valence electrons. The van der Waals surface area contributed by atoms with E-state index in [1.165, 1.54) is 9.58 Å². The van der Waals surface area contributed by atoms with Gasteiger partial charge in [-0.05, 0) is 43.4 Å². The number of aromatic hydroxyl groups is 1. The summed E-state index contributed by atoms with van der Waals surface area (Å²) >= 11 is 5.96. The summed E-state index contributed by atoms with van der Waals surface area (Å²) < 4.78 is 48.2. The van der Waals surface area contributed by atoms with Gasteiger partial charge in [0.25, 0.3) is 5.91 Å². The number of aromatic nitrogens is 3. The number of carbonyl (C=O) groups is 2. The van der Waals surface area contributed by atoms with Gasteiger partial charge in [0.1, 0.15) is 5.75 Å². The number of hydrogen-bond acceptors (Lipinski definition) is 8. The highest BCUT2D eigenvalue weighted by Gasteiger charge is 2.38. The van der Waals surface area contributed by atoms with Crippen LogP contribution in [-0.4, -0.2) is 111 Å². The van der Waals surface area contributed by atoms with Gasteiger partial charge in [0.15, 0.2) is 11.9 Å². The molecule has 3 N–H and O–H groups in total. The van der Waals surface area contributed by atoms with Gasteiger partial charge in [-0.2, -0.15) is 13.2 Å². The van der Waals surface area contributed by atoms with Gasteiger partial charge in [-0.3, -0.25) is 14.7 Å². The van der Waals surface area contributed by atoms with Crippen LogP contribution >= 0.6 is 11.6 Å². The Morgan fingerprint density at radius 1 is 0.959 bits per heavy atom. The first kappa shape index (κ1) is 34.8. The average molecular weight is 706 g/mol. The molecule has 0 bridgehead atoms. The number of likely N-dealkylation sites (tertiary alicyclic amines) is 2. The Morgan fingerprint density at radius 3 is 2.24 bits per heavy atom. The third-order valence-corrected chi connectivity index (χ3v) is 9.86. The number of ether oxygens (including phenoxy) is 1. The number of halogens is 4. The van der Waals surface area contributed by atoms with E-state index in [0.29, 0.717) is 37.8 Å². The van der Waals surface area contributed by atoms with E-state index in [1.807, 2.05) is 30.3 Å². The number of phenolic OH excluding ortho intramolecular Hbond substituents is 1. The van der Waals surface area contributed by atoms with Crippen molar-refractivity contribution in [3.8, 4) is 17.1 Å². The lowest BCUT2D eigenvalue weighted by atomic mass is 9.99. The van der Waals surface area contributed by atoms with E-state index < -0.39 is 40.6 Å². The molecule has 2 amide bonds. The minimum atomic E-state index is -4.89. The molecule has 6 rings (SSSR count). The molecule has 4 heterocycles. The summed E-state index contributed by atoms with van der Waals surface area (Å²) in [6.07, 6.45) is -5.23. The zero-order chi connectivity index (χ0) is 34.7. The molecule has 49 heavy (non-hydrogen) atoms. The first-order valence-electron chi connectivity index (χ1n) is 16.5. The van der Waals surface area contributed by atoms with E-state index in [2.05, 4.69) is 20.3 Å². The number of rotatable bonds is 7. The quantitative estimate of drug-likeness (QED) is 0.337. The maximum Gasteiger partial charge on any atom is 0.420 e. The number of hydrogen-bond donors (Lipinski definition) is 3. The molecular weight excluding hydrogens is 667 g/mol. The second-order valence-corrected chi connectivity index (χ2v) is 13.1. The molecule has 2 aromatic carbocycles. The summed E-state index contributed by atoms with van der Waals surface area (Å²) in [6, 6.07) is 11.1. The van der Waals surface area contributed by atoms with E-state index in [4.69, 9.17) is 16.3 Å². The Morgan fingerprint density at radius 2 is 1.59 bits per heavy atom. The topological polar surface area (TPSA) is 136 Å². The summed E-state index contributed by atoms with van der Waals surface area (Å²) in [5, 5.41) is 17.3. The molecular formula is C33H39ClF3N7O5. The van der Waals surface area contributed by atoms with Crippen LogP contribution in [0.5, 0.6) is 5.75 Å². The van der Waals surface area contributed by atoms with Gasteiger partial charge in [-0.25, -0.2) is 14.3 Å². The summed E-state index contributed by atoms with van der Waals surface area (Å²) in [5.74, 6) is -1.17.